The quantitative estimate of drug-likeness (QED) is 0.757. The number of benzene rings is 1. The van der Waals surface area contributed by atoms with Gasteiger partial charge in [0.05, 0.1) is 0 Å². The summed E-state index contributed by atoms with van der Waals surface area (Å²) in [7, 11) is 0. The Hall–Kier alpha value is -1.50. The number of hydrogen-bond acceptors (Lipinski definition) is 0. The second-order valence-electron chi connectivity index (χ2n) is 4.89. The average Bonchev–Trinajstić information content (AvgIpc) is 2.60. The van der Waals surface area contributed by atoms with Gasteiger partial charge in [0.25, 0.3) is 0 Å². The Morgan fingerprint density at radius 1 is 1.12 bits per heavy atom. The molecule has 2 rings (SSSR count). The molecule has 0 radical (unpaired) electrons. The van der Waals surface area contributed by atoms with Crippen molar-refractivity contribution >= 4 is 23.9 Å². The van der Waals surface area contributed by atoms with Crippen LogP contribution in [-0.2, 0) is 6.54 Å². The maximum Gasteiger partial charge on any atom is 0.0418 e. The van der Waals surface area contributed by atoms with E-state index in [2.05, 4.69) is 55.8 Å². The van der Waals surface area contributed by atoms with Crippen LogP contribution in [0.15, 0.2) is 24.3 Å². The molecule has 1 atom stereocenters. The zero-order chi connectivity index (χ0) is 12.4. The molecule has 17 heavy (non-hydrogen) atoms. The molecular formula is C16H21N. The largest absolute Gasteiger partial charge is 0.341 e. The van der Waals surface area contributed by atoms with Crippen LogP contribution in [-0.4, -0.2) is 4.57 Å². The zero-order valence-corrected chi connectivity index (χ0v) is 10.9. The van der Waals surface area contributed by atoms with Crippen molar-refractivity contribution in [1.29, 1.82) is 0 Å². The van der Waals surface area contributed by atoms with E-state index in [-0.39, 0.29) is 0 Å². The summed E-state index contributed by atoms with van der Waals surface area (Å²) in [5.41, 5.74) is 0. The van der Waals surface area contributed by atoms with Gasteiger partial charge in [0, 0.05) is 28.0 Å². The Labute approximate surface area is 103 Å². The van der Waals surface area contributed by atoms with E-state index in [4.69, 9.17) is 0 Å². The molecule has 0 N–H and O–H groups in total. The summed E-state index contributed by atoms with van der Waals surface area (Å²) in [5.74, 6) is 0.763. The van der Waals surface area contributed by atoms with Gasteiger partial charge in [0.15, 0.2) is 0 Å². The summed E-state index contributed by atoms with van der Waals surface area (Å²) in [6.07, 6.45) is 2.43. The van der Waals surface area contributed by atoms with Crippen molar-refractivity contribution in [1.82, 2.24) is 4.57 Å². The molecule has 0 aliphatic rings. The lowest BCUT2D eigenvalue weighted by Gasteiger charge is -2.09. The minimum absolute atomic E-state index is 0.763. The third-order valence-electron chi connectivity index (χ3n) is 3.74. The molecule has 0 aliphatic heterocycles. The Morgan fingerprint density at radius 2 is 1.65 bits per heavy atom. The smallest absolute Gasteiger partial charge is 0.0418 e. The Bertz CT molecular complexity index is 559. The van der Waals surface area contributed by atoms with Crippen molar-refractivity contribution < 1.29 is 0 Å². The standard InChI is InChI=1S/C16H21N/c1-5-12(2)10-11-17-13(3)15-8-6-7-9-16(15)14(17)4/h6-9,12H,3-5,10-11H2,1-2H3. The van der Waals surface area contributed by atoms with Crippen LogP contribution in [0.4, 0.5) is 0 Å². The third kappa shape index (κ3) is 2.14. The fourth-order valence-electron chi connectivity index (χ4n) is 2.26. The molecule has 0 spiro atoms. The lowest BCUT2D eigenvalue weighted by atomic mass is 10.1. The summed E-state index contributed by atoms with van der Waals surface area (Å²) in [5, 5.41) is 4.69. The van der Waals surface area contributed by atoms with Crippen LogP contribution in [0.25, 0.3) is 23.9 Å². The lowest BCUT2D eigenvalue weighted by molar-refractivity contribution is 0.463. The first-order valence-corrected chi connectivity index (χ1v) is 6.40. The predicted molar refractivity (Wildman–Crippen MR) is 76.3 cm³/mol. The van der Waals surface area contributed by atoms with E-state index in [1.54, 1.807) is 0 Å². The molecule has 1 heterocycles. The highest BCUT2D eigenvalue weighted by atomic mass is 15.0. The summed E-state index contributed by atoms with van der Waals surface area (Å²) in [6.45, 7) is 14.0. The molecular weight excluding hydrogens is 206 g/mol. The molecule has 90 valence electrons. The van der Waals surface area contributed by atoms with E-state index in [9.17, 15) is 0 Å². The third-order valence-corrected chi connectivity index (χ3v) is 3.74. The molecule has 1 heteroatoms. The maximum atomic E-state index is 4.20. The van der Waals surface area contributed by atoms with Gasteiger partial charge in [-0.1, -0.05) is 57.7 Å². The molecule has 1 nitrogen and oxygen atoms in total. The Kier molecular flexibility index (Phi) is 3.37. The predicted octanol–water partition coefficient (Wildman–Crippen LogP) is 2.90. The maximum absolute atomic E-state index is 4.20. The fraction of sp³-hybridized carbons (Fsp3) is 0.375. The SMILES string of the molecule is C=c1c2ccccc2c(=C)n1CCC(C)CC. The summed E-state index contributed by atoms with van der Waals surface area (Å²) in [6, 6.07) is 8.39. The molecule has 0 bridgehead atoms. The van der Waals surface area contributed by atoms with Crippen LogP contribution in [0.2, 0.25) is 0 Å². The van der Waals surface area contributed by atoms with E-state index in [0.717, 1.165) is 23.2 Å². The lowest BCUT2D eigenvalue weighted by Crippen LogP contribution is -2.25. The van der Waals surface area contributed by atoms with Gasteiger partial charge in [0.1, 0.15) is 0 Å². The van der Waals surface area contributed by atoms with Gasteiger partial charge in [-0.3, -0.25) is 0 Å². The molecule has 1 aromatic heterocycles. The summed E-state index contributed by atoms with van der Waals surface area (Å²) in [4.78, 5) is 0. The first kappa shape index (κ1) is 12.0. The first-order chi connectivity index (χ1) is 8.15. The molecule has 0 saturated heterocycles. The van der Waals surface area contributed by atoms with E-state index >= 15 is 0 Å². The van der Waals surface area contributed by atoms with E-state index in [0.29, 0.717) is 0 Å². The Morgan fingerprint density at radius 3 is 2.12 bits per heavy atom. The molecule has 0 amide bonds. The van der Waals surface area contributed by atoms with Gasteiger partial charge in [-0.25, -0.2) is 0 Å². The van der Waals surface area contributed by atoms with Crippen molar-refractivity contribution in [2.24, 2.45) is 5.92 Å². The molecule has 1 unspecified atom stereocenters. The second kappa shape index (κ2) is 4.79. The average molecular weight is 227 g/mol. The summed E-state index contributed by atoms with van der Waals surface area (Å²) < 4.78 is 2.26. The molecule has 0 saturated carbocycles. The van der Waals surface area contributed by atoms with Crippen LogP contribution >= 0.6 is 0 Å². The number of nitrogens with zero attached hydrogens (tertiary/aromatic N) is 1. The second-order valence-corrected chi connectivity index (χ2v) is 4.89. The van der Waals surface area contributed by atoms with E-state index in [1.165, 1.54) is 23.6 Å². The number of aromatic nitrogens is 1. The van der Waals surface area contributed by atoms with Gasteiger partial charge in [0.2, 0.25) is 0 Å². The van der Waals surface area contributed by atoms with Crippen molar-refractivity contribution in [3.63, 3.8) is 0 Å². The van der Waals surface area contributed by atoms with Gasteiger partial charge in [-0.05, 0) is 12.3 Å². The Balaban J connectivity index is 2.41. The number of fused-ring (bicyclic) bond motifs is 1. The molecule has 0 aliphatic carbocycles. The highest BCUT2D eigenvalue weighted by molar-refractivity contribution is 5.83. The highest BCUT2D eigenvalue weighted by Crippen LogP contribution is 2.09. The normalized spacial score (nSPS) is 13.1. The van der Waals surface area contributed by atoms with E-state index in [1.807, 2.05) is 0 Å². The number of hydrogen-bond donors (Lipinski definition) is 0. The van der Waals surface area contributed by atoms with Gasteiger partial charge < -0.3 is 4.57 Å². The molecule has 0 fully saturated rings. The van der Waals surface area contributed by atoms with Gasteiger partial charge in [-0.2, -0.15) is 0 Å². The van der Waals surface area contributed by atoms with Gasteiger partial charge in [-0.15, -0.1) is 0 Å². The minimum Gasteiger partial charge on any atom is -0.341 e. The van der Waals surface area contributed by atoms with Crippen LogP contribution in [0.3, 0.4) is 0 Å². The minimum atomic E-state index is 0.763. The van der Waals surface area contributed by atoms with Crippen molar-refractivity contribution in [2.75, 3.05) is 0 Å². The van der Waals surface area contributed by atoms with Crippen LogP contribution < -0.4 is 10.7 Å². The van der Waals surface area contributed by atoms with E-state index < -0.39 is 0 Å². The highest BCUT2D eigenvalue weighted by Gasteiger charge is 2.05. The van der Waals surface area contributed by atoms with Crippen molar-refractivity contribution in [2.45, 2.75) is 33.2 Å². The topological polar surface area (TPSA) is 4.93 Å². The van der Waals surface area contributed by atoms with Crippen LogP contribution in [0.1, 0.15) is 26.7 Å². The first-order valence-electron chi connectivity index (χ1n) is 6.40. The number of rotatable bonds is 4. The zero-order valence-electron chi connectivity index (χ0n) is 10.9. The van der Waals surface area contributed by atoms with Crippen molar-refractivity contribution in [3.05, 3.63) is 35.0 Å². The van der Waals surface area contributed by atoms with Crippen LogP contribution in [0, 0.1) is 5.92 Å². The monoisotopic (exact) mass is 227 g/mol. The molecule has 1 aromatic carbocycles. The van der Waals surface area contributed by atoms with Crippen molar-refractivity contribution in [3.8, 4) is 0 Å². The van der Waals surface area contributed by atoms with Crippen LogP contribution in [0.5, 0.6) is 0 Å². The molecule has 2 aromatic rings. The fourth-order valence-corrected chi connectivity index (χ4v) is 2.26. The van der Waals surface area contributed by atoms with Gasteiger partial charge >= 0.3 is 0 Å². The summed E-state index contributed by atoms with van der Waals surface area (Å²) >= 11 is 0.